The smallest absolute Gasteiger partial charge is 0.193 e. The monoisotopic (exact) mass is 516 g/mol. The zero-order chi connectivity index (χ0) is 19.9. The van der Waals surface area contributed by atoms with Crippen LogP contribution >= 0.6 is 24.0 Å². The maximum Gasteiger partial charge on any atom is 0.193 e. The van der Waals surface area contributed by atoms with E-state index >= 15 is 0 Å². The van der Waals surface area contributed by atoms with Gasteiger partial charge >= 0.3 is 0 Å². The minimum Gasteiger partial charge on any atom is -0.493 e. The van der Waals surface area contributed by atoms with Crippen LogP contribution in [0.25, 0.3) is 0 Å². The molecule has 0 radical (unpaired) electrons. The summed E-state index contributed by atoms with van der Waals surface area (Å²) in [6.07, 6.45) is 6.54. The lowest BCUT2D eigenvalue weighted by atomic mass is 10.1. The Morgan fingerprint density at radius 2 is 1.83 bits per heavy atom. The summed E-state index contributed by atoms with van der Waals surface area (Å²) in [5, 5.41) is 3.54. The molecule has 2 fully saturated rings. The van der Waals surface area contributed by atoms with Crippen molar-refractivity contribution >= 4 is 29.9 Å². The zero-order valence-electron chi connectivity index (χ0n) is 18.3. The van der Waals surface area contributed by atoms with Gasteiger partial charge in [0, 0.05) is 46.3 Å². The van der Waals surface area contributed by atoms with E-state index in [2.05, 4.69) is 33.2 Å². The van der Waals surface area contributed by atoms with Gasteiger partial charge in [0.25, 0.3) is 0 Å². The molecule has 0 aliphatic heterocycles. The number of halogens is 1. The molecule has 1 aromatic carbocycles. The SMILES string of the molecule is CN=C(NCCN(CC1CC1)C1CC1)N(C)CCc1ccc(OC)c(OC)c1.I. The second-order valence-electron chi connectivity index (χ2n) is 8.00. The quantitative estimate of drug-likeness (QED) is 0.278. The van der Waals surface area contributed by atoms with Crippen LogP contribution in [-0.2, 0) is 6.42 Å². The van der Waals surface area contributed by atoms with E-state index in [0.717, 1.165) is 55.5 Å². The highest BCUT2D eigenvalue weighted by Crippen LogP contribution is 2.34. The van der Waals surface area contributed by atoms with E-state index in [0.29, 0.717) is 0 Å². The van der Waals surface area contributed by atoms with Crippen LogP contribution in [-0.4, -0.2) is 76.3 Å². The maximum atomic E-state index is 5.40. The second kappa shape index (κ2) is 11.8. The molecule has 2 saturated carbocycles. The largest absolute Gasteiger partial charge is 0.493 e. The number of ether oxygens (including phenoxy) is 2. The molecule has 1 aromatic rings. The molecule has 0 saturated heterocycles. The lowest BCUT2D eigenvalue weighted by molar-refractivity contribution is 0.255. The minimum absolute atomic E-state index is 0. The Morgan fingerprint density at radius 3 is 2.41 bits per heavy atom. The third-order valence-electron chi connectivity index (χ3n) is 5.69. The highest BCUT2D eigenvalue weighted by Gasteiger charge is 2.33. The number of aliphatic imine (C=N–C) groups is 1. The van der Waals surface area contributed by atoms with Crippen LogP contribution in [0.4, 0.5) is 0 Å². The number of benzene rings is 1. The van der Waals surface area contributed by atoms with Gasteiger partial charge < -0.3 is 19.7 Å². The van der Waals surface area contributed by atoms with Gasteiger partial charge in [0.1, 0.15) is 0 Å². The van der Waals surface area contributed by atoms with Crippen LogP contribution in [0.15, 0.2) is 23.2 Å². The van der Waals surface area contributed by atoms with Gasteiger partial charge in [0.15, 0.2) is 17.5 Å². The molecule has 1 N–H and O–H groups in total. The van der Waals surface area contributed by atoms with Gasteiger partial charge in [-0.1, -0.05) is 6.07 Å². The van der Waals surface area contributed by atoms with E-state index in [-0.39, 0.29) is 24.0 Å². The lowest BCUT2D eigenvalue weighted by Crippen LogP contribution is -2.44. The summed E-state index contributed by atoms with van der Waals surface area (Å²) in [5.41, 5.74) is 1.23. The number of rotatable bonds is 11. The first kappa shape index (κ1) is 24.1. The Kier molecular flexibility index (Phi) is 9.82. The average Bonchev–Trinajstić information content (AvgIpc) is 3.62. The predicted molar refractivity (Wildman–Crippen MR) is 130 cm³/mol. The number of likely N-dealkylation sites (N-methyl/N-ethyl adjacent to an activating group) is 1. The van der Waals surface area contributed by atoms with Crippen LogP contribution in [0.2, 0.25) is 0 Å². The molecule has 0 bridgehead atoms. The van der Waals surface area contributed by atoms with Crippen molar-refractivity contribution in [3.63, 3.8) is 0 Å². The van der Waals surface area contributed by atoms with Gasteiger partial charge in [-0.25, -0.2) is 0 Å². The van der Waals surface area contributed by atoms with Crippen molar-refractivity contribution in [3.05, 3.63) is 23.8 Å². The maximum absolute atomic E-state index is 5.40. The predicted octanol–water partition coefficient (Wildman–Crippen LogP) is 3.25. The van der Waals surface area contributed by atoms with Crippen molar-refractivity contribution in [1.29, 1.82) is 0 Å². The van der Waals surface area contributed by atoms with E-state index in [4.69, 9.17) is 9.47 Å². The molecular weight excluding hydrogens is 479 g/mol. The molecule has 2 aliphatic carbocycles. The van der Waals surface area contributed by atoms with Crippen molar-refractivity contribution < 1.29 is 9.47 Å². The van der Waals surface area contributed by atoms with E-state index in [1.54, 1.807) is 14.2 Å². The first-order chi connectivity index (χ1) is 13.6. The first-order valence-electron chi connectivity index (χ1n) is 10.5. The Bertz CT molecular complexity index is 662. The normalized spacial score (nSPS) is 16.4. The standard InChI is InChI=1S/C22H36N4O2.HI/c1-23-22(24-12-14-26(19-8-9-19)16-18-5-6-18)25(2)13-11-17-7-10-20(27-3)21(15-17)28-4;/h7,10,15,18-19H,5-6,8-9,11-14,16H2,1-4H3,(H,23,24);1H. The molecule has 7 heteroatoms. The Morgan fingerprint density at radius 1 is 1.10 bits per heavy atom. The molecule has 0 unspecified atom stereocenters. The van der Waals surface area contributed by atoms with E-state index in [9.17, 15) is 0 Å². The van der Waals surface area contributed by atoms with Crippen molar-refractivity contribution in [2.24, 2.45) is 10.9 Å². The van der Waals surface area contributed by atoms with Gasteiger partial charge in [-0.3, -0.25) is 9.89 Å². The number of hydrogen-bond acceptors (Lipinski definition) is 4. The molecule has 164 valence electrons. The molecule has 0 amide bonds. The number of guanidine groups is 1. The first-order valence-corrected chi connectivity index (χ1v) is 10.5. The molecule has 2 aliphatic rings. The zero-order valence-corrected chi connectivity index (χ0v) is 20.6. The van der Waals surface area contributed by atoms with Crippen LogP contribution in [0.3, 0.4) is 0 Å². The van der Waals surface area contributed by atoms with Crippen molar-refractivity contribution in [3.8, 4) is 11.5 Å². The Labute approximate surface area is 193 Å². The Hall–Kier alpha value is -1.22. The highest BCUT2D eigenvalue weighted by molar-refractivity contribution is 14.0. The van der Waals surface area contributed by atoms with Gasteiger partial charge in [-0.15, -0.1) is 24.0 Å². The average molecular weight is 516 g/mol. The molecule has 0 aromatic heterocycles. The summed E-state index contributed by atoms with van der Waals surface area (Å²) in [6, 6.07) is 6.95. The number of nitrogens with one attached hydrogen (secondary N) is 1. The molecule has 0 heterocycles. The second-order valence-corrected chi connectivity index (χ2v) is 8.00. The van der Waals surface area contributed by atoms with Gasteiger partial charge in [0.2, 0.25) is 0 Å². The number of nitrogens with zero attached hydrogens (tertiary/aromatic N) is 3. The fourth-order valence-electron chi connectivity index (χ4n) is 3.63. The van der Waals surface area contributed by atoms with Crippen molar-refractivity contribution in [2.75, 3.05) is 54.5 Å². The molecule has 0 atom stereocenters. The highest BCUT2D eigenvalue weighted by atomic mass is 127. The molecular formula is C22H37IN4O2. The molecule has 0 spiro atoms. The fraction of sp³-hybridized carbons (Fsp3) is 0.682. The van der Waals surface area contributed by atoms with Crippen molar-refractivity contribution in [2.45, 2.75) is 38.1 Å². The van der Waals surface area contributed by atoms with Crippen LogP contribution in [0, 0.1) is 5.92 Å². The summed E-state index contributed by atoms with van der Waals surface area (Å²) >= 11 is 0. The number of methoxy groups -OCH3 is 2. The van der Waals surface area contributed by atoms with Gasteiger partial charge in [-0.2, -0.15) is 0 Å². The lowest BCUT2D eigenvalue weighted by Gasteiger charge is -2.25. The summed E-state index contributed by atoms with van der Waals surface area (Å²) in [4.78, 5) is 9.34. The fourth-order valence-corrected chi connectivity index (χ4v) is 3.63. The summed E-state index contributed by atoms with van der Waals surface area (Å²) in [6.45, 7) is 4.25. The molecule has 3 rings (SSSR count). The third kappa shape index (κ3) is 7.51. The van der Waals surface area contributed by atoms with Gasteiger partial charge in [-0.05, 0) is 55.7 Å². The van der Waals surface area contributed by atoms with Crippen molar-refractivity contribution in [1.82, 2.24) is 15.1 Å². The molecule has 29 heavy (non-hydrogen) atoms. The van der Waals surface area contributed by atoms with E-state index in [1.165, 1.54) is 37.8 Å². The van der Waals surface area contributed by atoms with Gasteiger partial charge in [0.05, 0.1) is 14.2 Å². The summed E-state index contributed by atoms with van der Waals surface area (Å²) < 4.78 is 10.7. The van der Waals surface area contributed by atoms with Crippen LogP contribution in [0.5, 0.6) is 11.5 Å². The topological polar surface area (TPSA) is 49.3 Å². The summed E-state index contributed by atoms with van der Waals surface area (Å²) in [7, 11) is 7.29. The third-order valence-corrected chi connectivity index (χ3v) is 5.69. The summed E-state index contributed by atoms with van der Waals surface area (Å²) in [5.74, 6) is 3.47. The van der Waals surface area contributed by atoms with E-state index < -0.39 is 0 Å². The van der Waals surface area contributed by atoms with Crippen LogP contribution in [0.1, 0.15) is 31.2 Å². The Balaban J connectivity index is 0.00000300. The number of hydrogen-bond donors (Lipinski definition) is 1. The van der Waals surface area contributed by atoms with E-state index in [1.807, 2.05) is 19.2 Å². The van der Waals surface area contributed by atoms with Crippen LogP contribution < -0.4 is 14.8 Å². The minimum atomic E-state index is 0. The molecule has 6 nitrogen and oxygen atoms in total.